The van der Waals surface area contributed by atoms with Gasteiger partial charge in [0.25, 0.3) is 0 Å². The third-order valence-corrected chi connectivity index (χ3v) is 9.04. The van der Waals surface area contributed by atoms with Crippen molar-refractivity contribution in [3.8, 4) is 44.8 Å². The predicted octanol–water partition coefficient (Wildman–Crippen LogP) is 11.8. The van der Waals surface area contributed by atoms with E-state index < -0.39 is 0 Å². The molecule has 51 heavy (non-hydrogen) atoms. The van der Waals surface area contributed by atoms with Gasteiger partial charge in [0.15, 0.2) is 0 Å². The van der Waals surface area contributed by atoms with E-state index >= 15 is 0 Å². The monoisotopic (exact) mass is 836 g/mol. The number of aromatic nitrogens is 3. The van der Waals surface area contributed by atoms with E-state index in [9.17, 15) is 0 Å². The first-order chi connectivity index (χ1) is 24.5. The second kappa shape index (κ2) is 14.6. The molecular formula is C46H33IrN3O-2. The molecule has 9 rings (SSSR count). The van der Waals surface area contributed by atoms with Crippen LogP contribution in [0.25, 0.3) is 77.5 Å². The maximum absolute atomic E-state index is 6.71. The third kappa shape index (κ3) is 6.74. The summed E-state index contributed by atoms with van der Waals surface area (Å²) in [6.07, 6.45) is 7.50. The molecule has 0 bridgehead atoms. The van der Waals surface area contributed by atoms with Crippen molar-refractivity contribution in [3.63, 3.8) is 0 Å². The first kappa shape index (κ1) is 33.7. The molecule has 249 valence electrons. The SMILES string of the molecule is Cc1c[c-]c(-c2ccc(C)cn2)cc1.Cc1ccc2c(oc3c(-c4cc(-c5ccccc5)ccn4)[c-]ccc32)c1-c1cccc2ccncc12.[Ir]. The van der Waals surface area contributed by atoms with Gasteiger partial charge in [-0.15, -0.1) is 53.6 Å². The standard InChI is InChI=1S/C33H21N2O.C13H12N.Ir/c1-21-13-14-27-26-11-6-12-28(30-19-24(16-18-35-30)22-7-3-2-4-8-22)32(26)36-33(27)31(21)25-10-5-9-23-15-17-34-20-29(23)25;1-10-3-6-12(7-4-10)13-8-5-11(2)9-14-13;/h2-11,13-20H,1H3;3-6,8-9H,1-2H3;/q2*-1;. The molecule has 0 spiro atoms. The molecule has 5 aromatic carbocycles. The number of rotatable bonds is 4. The summed E-state index contributed by atoms with van der Waals surface area (Å²) in [7, 11) is 0. The minimum absolute atomic E-state index is 0. The Hall–Kier alpha value is -5.74. The second-order valence-corrected chi connectivity index (χ2v) is 12.5. The van der Waals surface area contributed by atoms with Crippen LogP contribution in [0.15, 0.2) is 151 Å². The van der Waals surface area contributed by atoms with Gasteiger partial charge in [-0.1, -0.05) is 96.7 Å². The molecule has 0 amide bonds. The van der Waals surface area contributed by atoms with Crippen LogP contribution < -0.4 is 0 Å². The van der Waals surface area contributed by atoms with E-state index in [2.05, 4.69) is 103 Å². The Balaban J connectivity index is 0.000000228. The number of hydrogen-bond acceptors (Lipinski definition) is 4. The summed E-state index contributed by atoms with van der Waals surface area (Å²) >= 11 is 0. The van der Waals surface area contributed by atoms with Crippen LogP contribution in [0, 0.1) is 32.9 Å². The van der Waals surface area contributed by atoms with Crippen molar-refractivity contribution in [2.24, 2.45) is 0 Å². The summed E-state index contributed by atoms with van der Waals surface area (Å²) < 4.78 is 6.71. The summed E-state index contributed by atoms with van der Waals surface area (Å²) in [6, 6.07) is 48.1. The molecule has 5 heteroatoms. The fourth-order valence-electron chi connectivity index (χ4n) is 6.43. The van der Waals surface area contributed by atoms with E-state index in [0.717, 1.165) is 83.0 Å². The molecule has 0 unspecified atom stereocenters. The van der Waals surface area contributed by atoms with Gasteiger partial charge in [-0.3, -0.25) is 4.98 Å². The van der Waals surface area contributed by atoms with E-state index in [1.807, 2.05) is 86.3 Å². The van der Waals surface area contributed by atoms with E-state index in [0.29, 0.717) is 0 Å². The number of benzene rings is 5. The zero-order chi connectivity index (χ0) is 34.0. The van der Waals surface area contributed by atoms with Gasteiger partial charge < -0.3 is 14.4 Å². The van der Waals surface area contributed by atoms with Gasteiger partial charge in [0, 0.05) is 61.2 Å². The molecule has 0 saturated carbocycles. The van der Waals surface area contributed by atoms with E-state index in [-0.39, 0.29) is 20.1 Å². The molecule has 4 aromatic heterocycles. The molecule has 0 aliphatic carbocycles. The van der Waals surface area contributed by atoms with Gasteiger partial charge in [0.2, 0.25) is 0 Å². The van der Waals surface area contributed by atoms with Crippen LogP contribution >= 0.6 is 0 Å². The average Bonchev–Trinajstić information content (AvgIpc) is 3.55. The Morgan fingerprint density at radius 3 is 2.24 bits per heavy atom. The smallest absolute Gasteiger partial charge is 0.129 e. The largest absolute Gasteiger partial charge is 0.500 e. The number of aryl methyl sites for hydroxylation is 3. The zero-order valence-electron chi connectivity index (χ0n) is 28.4. The van der Waals surface area contributed by atoms with Crippen LogP contribution in [0.5, 0.6) is 0 Å². The molecule has 4 heterocycles. The maximum atomic E-state index is 6.71. The number of fused-ring (bicyclic) bond motifs is 4. The summed E-state index contributed by atoms with van der Waals surface area (Å²) in [5, 5.41) is 4.41. The fourth-order valence-corrected chi connectivity index (χ4v) is 6.43. The molecule has 0 aliphatic rings. The van der Waals surface area contributed by atoms with Crippen LogP contribution in [-0.4, -0.2) is 15.0 Å². The van der Waals surface area contributed by atoms with Crippen LogP contribution in [0.1, 0.15) is 16.7 Å². The molecule has 0 N–H and O–H groups in total. The van der Waals surface area contributed by atoms with Gasteiger partial charge in [0.05, 0.1) is 5.58 Å². The van der Waals surface area contributed by atoms with Crippen molar-refractivity contribution in [3.05, 3.63) is 175 Å². The Morgan fingerprint density at radius 1 is 0.588 bits per heavy atom. The molecule has 0 fully saturated rings. The molecule has 0 saturated heterocycles. The molecule has 0 atom stereocenters. The first-order valence-corrected chi connectivity index (χ1v) is 16.7. The molecular weight excluding hydrogens is 803 g/mol. The summed E-state index contributed by atoms with van der Waals surface area (Å²) in [5.41, 5.74) is 13.5. The molecule has 4 nitrogen and oxygen atoms in total. The Kier molecular flexibility index (Phi) is 9.67. The topological polar surface area (TPSA) is 51.8 Å². The van der Waals surface area contributed by atoms with E-state index in [1.54, 1.807) is 0 Å². The first-order valence-electron chi connectivity index (χ1n) is 16.7. The van der Waals surface area contributed by atoms with E-state index in [4.69, 9.17) is 9.40 Å². The normalized spacial score (nSPS) is 10.9. The number of nitrogens with zero attached hydrogens (tertiary/aromatic N) is 3. The zero-order valence-corrected chi connectivity index (χ0v) is 30.8. The van der Waals surface area contributed by atoms with Gasteiger partial charge in [-0.25, -0.2) is 0 Å². The van der Waals surface area contributed by atoms with Gasteiger partial charge >= 0.3 is 0 Å². The molecule has 0 aliphatic heterocycles. The minimum Gasteiger partial charge on any atom is -0.500 e. The third-order valence-electron chi connectivity index (χ3n) is 9.04. The van der Waals surface area contributed by atoms with Crippen molar-refractivity contribution in [2.75, 3.05) is 0 Å². The Morgan fingerprint density at radius 2 is 1.43 bits per heavy atom. The van der Waals surface area contributed by atoms with Gasteiger partial charge in [0.1, 0.15) is 5.58 Å². The summed E-state index contributed by atoms with van der Waals surface area (Å²) in [5.74, 6) is 0. The average molecular weight is 836 g/mol. The van der Waals surface area contributed by atoms with E-state index in [1.165, 1.54) is 11.1 Å². The molecule has 1 radical (unpaired) electrons. The van der Waals surface area contributed by atoms with Crippen molar-refractivity contribution in [2.45, 2.75) is 20.8 Å². The van der Waals surface area contributed by atoms with Crippen molar-refractivity contribution < 1.29 is 24.5 Å². The fraction of sp³-hybridized carbons (Fsp3) is 0.0652. The second-order valence-electron chi connectivity index (χ2n) is 12.5. The van der Waals surface area contributed by atoms with Crippen LogP contribution in [0.4, 0.5) is 0 Å². The van der Waals surface area contributed by atoms with Crippen molar-refractivity contribution in [1.82, 2.24) is 15.0 Å². The van der Waals surface area contributed by atoms with Crippen molar-refractivity contribution in [1.29, 1.82) is 0 Å². The molecule has 9 aromatic rings. The van der Waals surface area contributed by atoms with Gasteiger partial charge in [-0.05, 0) is 70.6 Å². The van der Waals surface area contributed by atoms with Gasteiger partial charge in [-0.2, -0.15) is 0 Å². The van der Waals surface area contributed by atoms with Crippen LogP contribution in [0.2, 0.25) is 0 Å². The minimum atomic E-state index is 0. The van der Waals surface area contributed by atoms with Crippen LogP contribution in [-0.2, 0) is 20.1 Å². The number of hydrogen-bond donors (Lipinski definition) is 0. The summed E-state index contributed by atoms with van der Waals surface area (Å²) in [4.78, 5) is 13.4. The predicted molar refractivity (Wildman–Crippen MR) is 205 cm³/mol. The quantitative estimate of drug-likeness (QED) is 0.166. The Bertz CT molecular complexity index is 2560. The number of pyridine rings is 3. The Labute approximate surface area is 311 Å². The maximum Gasteiger partial charge on any atom is 0.129 e. The summed E-state index contributed by atoms with van der Waals surface area (Å²) in [6.45, 7) is 6.23. The number of furan rings is 1. The van der Waals surface area contributed by atoms with Crippen LogP contribution in [0.3, 0.4) is 0 Å². The van der Waals surface area contributed by atoms with Crippen molar-refractivity contribution >= 4 is 32.7 Å².